The van der Waals surface area contributed by atoms with Crippen LogP contribution >= 0.6 is 0 Å². The lowest BCUT2D eigenvalue weighted by Crippen LogP contribution is -2.42. The molecule has 1 amide bonds. The third kappa shape index (κ3) is 4.45. The maximum atomic E-state index is 10.9. The van der Waals surface area contributed by atoms with Gasteiger partial charge in [-0.2, -0.15) is 0 Å². The van der Waals surface area contributed by atoms with E-state index in [0.717, 1.165) is 6.54 Å². The topological polar surface area (TPSA) is 55.1 Å². The van der Waals surface area contributed by atoms with E-state index < -0.39 is 0 Å². The molecule has 3 nitrogen and oxygen atoms in total. The van der Waals surface area contributed by atoms with Crippen LogP contribution in [0.25, 0.3) is 0 Å². The lowest BCUT2D eigenvalue weighted by molar-refractivity contribution is -0.119. The van der Waals surface area contributed by atoms with Gasteiger partial charge in [-0.05, 0) is 26.3 Å². The maximum absolute atomic E-state index is 10.9. The summed E-state index contributed by atoms with van der Waals surface area (Å²) < 4.78 is 0. The van der Waals surface area contributed by atoms with Crippen LogP contribution in [0.5, 0.6) is 0 Å². The Bertz CT molecular complexity index is 355. The second-order valence-corrected chi connectivity index (χ2v) is 4.87. The molecule has 0 saturated heterocycles. The molecule has 3 N–H and O–H groups in total. The molecule has 0 bridgehead atoms. The molecule has 16 heavy (non-hydrogen) atoms. The van der Waals surface area contributed by atoms with Gasteiger partial charge in [0.1, 0.15) is 0 Å². The lowest BCUT2D eigenvalue weighted by atomic mass is 10.00. The van der Waals surface area contributed by atoms with Gasteiger partial charge in [-0.1, -0.05) is 29.8 Å². The van der Waals surface area contributed by atoms with Gasteiger partial charge in [0.25, 0.3) is 0 Å². The van der Waals surface area contributed by atoms with Crippen molar-refractivity contribution in [3.8, 4) is 0 Å². The molecule has 3 heteroatoms. The predicted octanol–water partition coefficient (Wildman–Crippen LogP) is 1.74. The number of carbonyl (C=O) groups is 1. The van der Waals surface area contributed by atoms with E-state index in [4.69, 9.17) is 5.73 Å². The number of aryl methyl sites for hydroxylation is 1. The molecule has 0 spiro atoms. The summed E-state index contributed by atoms with van der Waals surface area (Å²) >= 11 is 0. The zero-order chi connectivity index (χ0) is 12.2. The van der Waals surface area contributed by atoms with Gasteiger partial charge >= 0.3 is 0 Å². The van der Waals surface area contributed by atoms with Gasteiger partial charge in [-0.25, -0.2) is 0 Å². The fourth-order valence-electron chi connectivity index (χ4n) is 1.55. The fourth-order valence-corrected chi connectivity index (χ4v) is 1.55. The number of nitrogens with one attached hydrogen (secondary N) is 1. The van der Waals surface area contributed by atoms with Crippen molar-refractivity contribution in [3.05, 3.63) is 35.4 Å². The molecule has 0 aliphatic carbocycles. The van der Waals surface area contributed by atoms with Gasteiger partial charge in [-0.3, -0.25) is 4.79 Å². The number of primary amides is 1. The van der Waals surface area contributed by atoms with Gasteiger partial charge in [0.2, 0.25) is 5.91 Å². The highest BCUT2D eigenvalue weighted by molar-refractivity contribution is 5.74. The zero-order valence-electron chi connectivity index (χ0n) is 10.2. The molecule has 0 atom stereocenters. The molecule has 0 radical (unpaired) electrons. The summed E-state index contributed by atoms with van der Waals surface area (Å²) in [4.78, 5) is 10.9. The van der Waals surface area contributed by atoms with Crippen LogP contribution in [-0.2, 0) is 11.3 Å². The number of carbonyl (C=O) groups excluding carboxylic acids is 1. The van der Waals surface area contributed by atoms with Crippen LogP contribution in [0.15, 0.2) is 24.3 Å². The standard InChI is InChI=1S/C13H20N2O/c1-10-4-6-11(7-5-10)9-15-13(2,3)8-12(14)16/h4-7,15H,8-9H2,1-3H3,(H2,14,16). The van der Waals surface area contributed by atoms with E-state index in [1.54, 1.807) is 0 Å². The molecule has 88 valence electrons. The van der Waals surface area contributed by atoms with Crippen LogP contribution in [0.3, 0.4) is 0 Å². The Morgan fingerprint density at radius 2 is 1.88 bits per heavy atom. The Labute approximate surface area is 97.0 Å². The van der Waals surface area contributed by atoms with E-state index in [9.17, 15) is 4.79 Å². The second-order valence-electron chi connectivity index (χ2n) is 4.87. The number of nitrogens with two attached hydrogens (primary N) is 1. The highest BCUT2D eigenvalue weighted by Crippen LogP contribution is 2.10. The summed E-state index contributed by atoms with van der Waals surface area (Å²) in [6, 6.07) is 8.33. The average Bonchev–Trinajstić information content (AvgIpc) is 2.15. The number of rotatable bonds is 5. The molecule has 1 aromatic rings. The molecule has 0 unspecified atom stereocenters. The molecule has 1 rings (SSSR count). The number of hydrogen-bond acceptors (Lipinski definition) is 2. The fraction of sp³-hybridized carbons (Fsp3) is 0.462. The molecule has 0 saturated carbocycles. The largest absolute Gasteiger partial charge is 0.370 e. The van der Waals surface area contributed by atoms with Crippen molar-refractivity contribution in [2.75, 3.05) is 0 Å². The molecule has 0 aromatic heterocycles. The van der Waals surface area contributed by atoms with Crippen LogP contribution in [0.4, 0.5) is 0 Å². The summed E-state index contributed by atoms with van der Waals surface area (Å²) in [5.41, 5.74) is 7.40. The number of benzene rings is 1. The minimum Gasteiger partial charge on any atom is -0.370 e. The quantitative estimate of drug-likeness (QED) is 0.794. The van der Waals surface area contributed by atoms with Crippen LogP contribution < -0.4 is 11.1 Å². The Balaban J connectivity index is 2.50. The minimum absolute atomic E-state index is 0.253. The van der Waals surface area contributed by atoms with Crippen molar-refractivity contribution < 1.29 is 4.79 Å². The van der Waals surface area contributed by atoms with Gasteiger partial charge in [0, 0.05) is 18.5 Å². The number of hydrogen-bond donors (Lipinski definition) is 2. The van der Waals surface area contributed by atoms with Gasteiger partial charge < -0.3 is 11.1 Å². The first-order chi connectivity index (χ1) is 7.39. The van der Waals surface area contributed by atoms with E-state index in [2.05, 4.69) is 36.5 Å². The summed E-state index contributed by atoms with van der Waals surface area (Å²) in [5.74, 6) is -0.276. The van der Waals surface area contributed by atoms with Gasteiger partial charge in [-0.15, -0.1) is 0 Å². The van der Waals surface area contributed by atoms with E-state index in [0.29, 0.717) is 6.42 Å². The SMILES string of the molecule is Cc1ccc(CNC(C)(C)CC(N)=O)cc1. The van der Waals surface area contributed by atoms with E-state index >= 15 is 0 Å². The first-order valence-electron chi connectivity index (χ1n) is 5.48. The van der Waals surface area contributed by atoms with Crippen LogP contribution in [-0.4, -0.2) is 11.4 Å². The maximum Gasteiger partial charge on any atom is 0.219 e. The van der Waals surface area contributed by atoms with Crippen LogP contribution in [0, 0.1) is 6.92 Å². The monoisotopic (exact) mass is 220 g/mol. The Kier molecular flexibility index (Phi) is 4.07. The molecule has 1 aromatic carbocycles. The summed E-state index contributed by atoms with van der Waals surface area (Å²) in [6.07, 6.45) is 0.346. The Hall–Kier alpha value is -1.35. The Morgan fingerprint density at radius 3 is 2.38 bits per heavy atom. The third-order valence-electron chi connectivity index (χ3n) is 2.51. The van der Waals surface area contributed by atoms with Crippen molar-refractivity contribution in [2.45, 2.75) is 39.3 Å². The molecule has 0 aliphatic heterocycles. The minimum atomic E-state index is -0.276. The highest BCUT2D eigenvalue weighted by atomic mass is 16.1. The zero-order valence-corrected chi connectivity index (χ0v) is 10.2. The first kappa shape index (κ1) is 12.7. The van der Waals surface area contributed by atoms with Crippen LogP contribution in [0.1, 0.15) is 31.4 Å². The van der Waals surface area contributed by atoms with Crippen molar-refractivity contribution in [3.63, 3.8) is 0 Å². The first-order valence-corrected chi connectivity index (χ1v) is 5.48. The molecule has 0 heterocycles. The van der Waals surface area contributed by atoms with Crippen molar-refractivity contribution in [2.24, 2.45) is 5.73 Å². The second kappa shape index (κ2) is 5.12. The van der Waals surface area contributed by atoms with Crippen molar-refractivity contribution >= 4 is 5.91 Å². The molecular weight excluding hydrogens is 200 g/mol. The smallest absolute Gasteiger partial charge is 0.219 e. The van der Waals surface area contributed by atoms with E-state index in [1.807, 2.05) is 13.8 Å². The van der Waals surface area contributed by atoms with E-state index in [1.165, 1.54) is 11.1 Å². The van der Waals surface area contributed by atoms with Gasteiger partial charge in [0.15, 0.2) is 0 Å². The molecule has 0 fully saturated rings. The Morgan fingerprint density at radius 1 is 1.31 bits per heavy atom. The van der Waals surface area contributed by atoms with Gasteiger partial charge in [0.05, 0.1) is 0 Å². The van der Waals surface area contributed by atoms with Crippen LogP contribution in [0.2, 0.25) is 0 Å². The highest BCUT2D eigenvalue weighted by Gasteiger charge is 2.19. The summed E-state index contributed by atoms with van der Waals surface area (Å²) in [7, 11) is 0. The lowest BCUT2D eigenvalue weighted by Gasteiger charge is -2.24. The normalized spacial score (nSPS) is 11.4. The van der Waals surface area contributed by atoms with Crippen molar-refractivity contribution in [1.29, 1.82) is 0 Å². The van der Waals surface area contributed by atoms with E-state index in [-0.39, 0.29) is 11.4 Å². The summed E-state index contributed by atoms with van der Waals surface area (Å²) in [5, 5.41) is 3.33. The van der Waals surface area contributed by atoms with Crippen molar-refractivity contribution in [1.82, 2.24) is 5.32 Å². The average molecular weight is 220 g/mol. The molecule has 0 aliphatic rings. The summed E-state index contributed by atoms with van der Waals surface area (Å²) in [6.45, 7) is 6.77. The molecular formula is C13H20N2O. The number of amides is 1. The predicted molar refractivity (Wildman–Crippen MR) is 65.9 cm³/mol. The third-order valence-corrected chi connectivity index (χ3v) is 2.51.